The van der Waals surface area contributed by atoms with Gasteiger partial charge in [0.15, 0.2) is 9.84 Å². The van der Waals surface area contributed by atoms with E-state index in [0.717, 1.165) is 22.3 Å². The van der Waals surface area contributed by atoms with E-state index in [4.69, 9.17) is 5.73 Å². The molecule has 92 valence electrons. The molecule has 5 heteroatoms. The number of nitrogens with two attached hydrogens (primary N) is 1. The maximum absolute atomic E-state index is 11.9. The largest absolute Gasteiger partial charge is 0.366 e. The number of fused-ring (bicyclic) bond motifs is 1. The summed E-state index contributed by atoms with van der Waals surface area (Å²) >= 11 is 0. The summed E-state index contributed by atoms with van der Waals surface area (Å²) in [6, 6.07) is 12.2. The third-order valence-electron chi connectivity index (χ3n) is 2.46. The molecule has 0 radical (unpaired) electrons. The van der Waals surface area contributed by atoms with Gasteiger partial charge in [0.05, 0.1) is 4.90 Å². The first-order valence-corrected chi connectivity index (χ1v) is 6.75. The molecular formula is C13H11NO3S. The first-order valence-electron chi connectivity index (χ1n) is 5.20. The Kier molecular flexibility index (Phi) is 3.16. The van der Waals surface area contributed by atoms with Gasteiger partial charge in [-0.1, -0.05) is 30.3 Å². The molecule has 0 bridgehead atoms. The van der Waals surface area contributed by atoms with Gasteiger partial charge in [0.25, 0.3) is 0 Å². The van der Waals surface area contributed by atoms with Gasteiger partial charge < -0.3 is 5.73 Å². The summed E-state index contributed by atoms with van der Waals surface area (Å²) in [7, 11) is -3.63. The summed E-state index contributed by atoms with van der Waals surface area (Å²) in [5, 5.41) is 2.60. The normalized spacial score (nSPS) is 12.0. The van der Waals surface area contributed by atoms with Gasteiger partial charge in [-0.05, 0) is 22.9 Å². The van der Waals surface area contributed by atoms with Gasteiger partial charge in [-0.25, -0.2) is 8.42 Å². The van der Waals surface area contributed by atoms with E-state index in [9.17, 15) is 13.2 Å². The van der Waals surface area contributed by atoms with E-state index in [-0.39, 0.29) is 4.90 Å². The lowest BCUT2D eigenvalue weighted by Gasteiger charge is -2.01. The molecule has 0 aliphatic heterocycles. The highest BCUT2D eigenvalue weighted by atomic mass is 32.2. The van der Waals surface area contributed by atoms with E-state index in [1.165, 1.54) is 6.07 Å². The zero-order chi connectivity index (χ0) is 13.2. The van der Waals surface area contributed by atoms with Crippen molar-refractivity contribution in [2.75, 3.05) is 0 Å². The molecule has 1 amide bonds. The molecule has 2 aromatic rings. The fourth-order valence-electron chi connectivity index (χ4n) is 1.58. The van der Waals surface area contributed by atoms with Crippen molar-refractivity contribution >= 4 is 26.5 Å². The predicted octanol–water partition coefficient (Wildman–Crippen LogP) is 1.61. The second-order valence-electron chi connectivity index (χ2n) is 3.76. The van der Waals surface area contributed by atoms with Gasteiger partial charge in [-0.3, -0.25) is 4.79 Å². The Balaban J connectivity index is 2.51. The molecule has 0 aliphatic carbocycles. The molecule has 0 saturated carbocycles. The van der Waals surface area contributed by atoms with Crippen LogP contribution in [0.1, 0.15) is 0 Å². The van der Waals surface area contributed by atoms with Gasteiger partial charge in [0.1, 0.15) is 0 Å². The number of hydrogen-bond donors (Lipinski definition) is 1. The quantitative estimate of drug-likeness (QED) is 0.853. The van der Waals surface area contributed by atoms with Gasteiger partial charge >= 0.3 is 0 Å². The predicted molar refractivity (Wildman–Crippen MR) is 69.5 cm³/mol. The van der Waals surface area contributed by atoms with Crippen LogP contribution in [0.5, 0.6) is 0 Å². The topological polar surface area (TPSA) is 77.2 Å². The van der Waals surface area contributed by atoms with Gasteiger partial charge in [-0.2, -0.15) is 0 Å². The molecule has 0 heterocycles. The molecule has 0 aromatic heterocycles. The van der Waals surface area contributed by atoms with Crippen LogP contribution in [0.3, 0.4) is 0 Å². The number of rotatable bonds is 3. The Hall–Kier alpha value is -2.14. The number of benzene rings is 2. The number of primary amides is 1. The highest BCUT2D eigenvalue weighted by Gasteiger charge is 2.10. The third-order valence-corrected chi connectivity index (χ3v) is 3.87. The number of amides is 1. The second kappa shape index (κ2) is 4.62. The molecule has 0 fully saturated rings. The summed E-state index contributed by atoms with van der Waals surface area (Å²) in [5.74, 6) is -0.792. The Morgan fingerprint density at radius 1 is 1.06 bits per heavy atom. The summed E-state index contributed by atoms with van der Waals surface area (Å²) in [4.78, 5) is 10.7. The van der Waals surface area contributed by atoms with Crippen molar-refractivity contribution in [2.45, 2.75) is 4.90 Å². The summed E-state index contributed by atoms with van der Waals surface area (Å²) in [6.45, 7) is 0. The molecule has 0 spiro atoms. The Morgan fingerprint density at radius 3 is 2.39 bits per heavy atom. The van der Waals surface area contributed by atoms with Gasteiger partial charge in [0, 0.05) is 11.5 Å². The molecule has 0 aliphatic rings. The molecule has 18 heavy (non-hydrogen) atoms. The zero-order valence-electron chi connectivity index (χ0n) is 9.41. The van der Waals surface area contributed by atoms with Crippen molar-refractivity contribution in [3.63, 3.8) is 0 Å². The molecule has 2 aromatic carbocycles. The van der Waals surface area contributed by atoms with Crippen LogP contribution in [0.25, 0.3) is 10.8 Å². The molecular weight excluding hydrogens is 250 g/mol. The van der Waals surface area contributed by atoms with Crippen LogP contribution in [0.2, 0.25) is 0 Å². The van der Waals surface area contributed by atoms with Gasteiger partial charge in [-0.15, -0.1) is 0 Å². The average molecular weight is 261 g/mol. The minimum atomic E-state index is -3.63. The number of hydrogen-bond acceptors (Lipinski definition) is 3. The molecule has 0 saturated heterocycles. The standard InChI is InChI=1S/C13H11NO3S/c14-13(15)7-8-18(16,17)12-6-5-10-3-1-2-4-11(10)9-12/h1-9H,(H2,14,15). The lowest BCUT2D eigenvalue weighted by Crippen LogP contribution is -2.07. The van der Waals surface area contributed by atoms with Crippen molar-refractivity contribution in [1.82, 2.24) is 0 Å². The SMILES string of the molecule is NC(=O)C=CS(=O)(=O)c1ccc2ccccc2c1. The zero-order valence-corrected chi connectivity index (χ0v) is 10.2. The summed E-state index contributed by atoms with van der Waals surface area (Å²) in [6.07, 6.45) is 0.838. The van der Waals surface area contributed by atoms with Crippen molar-refractivity contribution in [3.05, 3.63) is 53.9 Å². The number of carbonyl (C=O) groups is 1. The van der Waals surface area contributed by atoms with E-state index >= 15 is 0 Å². The maximum atomic E-state index is 11.9. The lowest BCUT2D eigenvalue weighted by atomic mass is 10.1. The van der Waals surface area contributed by atoms with Crippen LogP contribution in [0.4, 0.5) is 0 Å². The van der Waals surface area contributed by atoms with E-state index in [1.54, 1.807) is 12.1 Å². The Bertz CT molecular complexity index is 733. The van der Waals surface area contributed by atoms with Crippen LogP contribution < -0.4 is 5.73 Å². The van der Waals surface area contributed by atoms with Crippen molar-refractivity contribution in [2.24, 2.45) is 5.73 Å². The monoisotopic (exact) mass is 261 g/mol. The molecule has 2 N–H and O–H groups in total. The van der Waals surface area contributed by atoms with Crippen molar-refractivity contribution in [1.29, 1.82) is 0 Å². The Labute approximate surface area is 105 Å². The molecule has 4 nitrogen and oxygen atoms in total. The van der Waals surface area contributed by atoms with E-state index in [1.807, 2.05) is 24.3 Å². The van der Waals surface area contributed by atoms with E-state index < -0.39 is 15.7 Å². The summed E-state index contributed by atoms with van der Waals surface area (Å²) < 4.78 is 23.8. The van der Waals surface area contributed by atoms with E-state index in [0.29, 0.717) is 0 Å². The average Bonchev–Trinajstić information content (AvgIpc) is 2.36. The minimum absolute atomic E-state index is 0.138. The number of sulfone groups is 1. The second-order valence-corrected chi connectivity index (χ2v) is 5.59. The van der Waals surface area contributed by atoms with Crippen LogP contribution in [-0.4, -0.2) is 14.3 Å². The van der Waals surface area contributed by atoms with Crippen molar-refractivity contribution < 1.29 is 13.2 Å². The van der Waals surface area contributed by atoms with Crippen LogP contribution in [0.15, 0.2) is 58.8 Å². The van der Waals surface area contributed by atoms with Crippen LogP contribution in [-0.2, 0) is 14.6 Å². The highest BCUT2D eigenvalue weighted by Crippen LogP contribution is 2.20. The third kappa shape index (κ3) is 2.57. The first-order chi connectivity index (χ1) is 8.49. The maximum Gasteiger partial charge on any atom is 0.242 e. The fourth-order valence-corrected chi connectivity index (χ4v) is 2.60. The minimum Gasteiger partial charge on any atom is -0.366 e. The van der Waals surface area contributed by atoms with Crippen LogP contribution >= 0.6 is 0 Å². The van der Waals surface area contributed by atoms with E-state index in [2.05, 4.69) is 0 Å². The Morgan fingerprint density at radius 2 is 1.72 bits per heavy atom. The lowest BCUT2D eigenvalue weighted by molar-refractivity contribution is -0.113. The van der Waals surface area contributed by atoms with Gasteiger partial charge in [0.2, 0.25) is 5.91 Å². The molecule has 0 unspecified atom stereocenters. The van der Waals surface area contributed by atoms with Crippen LogP contribution in [0, 0.1) is 0 Å². The summed E-state index contributed by atoms with van der Waals surface area (Å²) in [5.41, 5.74) is 4.88. The van der Waals surface area contributed by atoms with Crippen molar-refractivity contribution in [3.8, 4) is 0 Å². The highest BCUT2D eigenvalue weighted by molar-refractivity contribution is 7.94. The molecule has 2 rings (SSSR count). The smallest absolute Gasteiger partial charge is 0.242 e. The fraction of sp³-hybridized carbons (Fsp3) is 0. The molecule has 0 atom stereocenters. The first kappa shape index (κ1) is 12.3. The number of carbonyl (C=O) groups excluding carboxylic acids is 1.